The number of aromatic amines is 1. The van der Waals surface area contributed by atoms with Crippen molar-refractivity contribution in [2.24, 2.45) is 0 Å². The molecular formula is C15H21N3O5. The molecule has 126 valence electrons. The topological polar surface area (TPSA) is 105 Å². The maximum absolute atomic E-state index is 12.6. The molecule has 1 saturated heterocycles. The van der Waals surface area contributed by atoms with Gasteiger partial charge in [-0.2, -0.15) is 0 Å². The highest BCUT2D eigenvalue weighted by molar-refractivity contribution is 5.77. The number of aromatic nitrogens is 2. The number of fused-ring (bicyclic) bond motifs is 1. The standard InChI is InChI=1S/C15H21N3O5/c1-23-15-4-2-10(19)8-11(15)18(7-5-15)13(21)9-17-6-3-12(20)16-14(17)22/h3,6,10-11,19H,2,4-5,7-9H2,1H3,(H,16,20,22)/t10-,11+,15-/m1/s1. The first-order chi connectivity index (χ1) is 10.9. The van der Waals surface area contributed by atoms with E-state index < -0.39 is 23.0 Å². The van der Waals surface area contributed by atoms with Crippen molar-refractivity contribution >= 4 is 5.91 Å². The third-order valence-electron chi connectivity index (χ3n) is 5.08. The average Bonchev–Trinajstić information content (AvgIpc) is 2.89. The molecule has 0 spiro atoms. The van der Waals surface area contributed by atoms with E-state index in [1.54, 1.807) is 12.0 Å². The smallest absolute Gasteiger partial charge is 0.328 e. The maximum atomic E-state index is 12.6. The number of carbonyl (C=O) groups excluding carboxylic acids is 1. The lowest BCUT2D eigenvalue weighted by Gasteiger charge is -2.42. The molecule has 3 atom stereocenters. The van der Waals surface area contributed by atoms with Crippen LogP contribution in [0.2, 0.25) is 0 Å². The molecule has 1 amide bonds. The van der Waals surface area contributed by atoms with Gasteiger partial charge < -0.3 is 14.7 Å². The van der Waals surface area contributed by atoms with Gasteiger partial charge in [-0.15, -0.1) is 0 Å². The van der Waals surface area contributed by atoms with Gasteiger partial charge >= 0.3 is 5.69 Å². The molecule has 2 N–H and O–H groups in total. The number of aliphatic hydroxyl groups excluding tert-OH is 1. The Labute approximate surface area is 132 Å². The number of nitrogens with one attached hydrogen (secondary N) is 1. The number of nitrogens with zero attached hydrogens (tertiary/aromatic N) is 2. The van der Waals surface area contributed by atoms with Gasteiger partial charge in [0.1, 0.15) is 6.54 Å². The Hall–Kier alpha value is -1.93. The van der Waals surface area contributed by atoms with E-state index in [2.05, 4.69) is 4.98 Å². The van der Waals surface area contributed by atoms with Gasteiger partial charge in [0.15, 0.2) is 0 Å². The van der Waals surface area contributed by atoms with Gasteiger partial charge in [-0.3, -0.25) is 19.1 Å². The second kappa shape index (κ2) is 5.93. The number of carbonyl (C=O) groups is 1. The lowest BCUT2D eigenvalue weighted by atomic mass is 9.79. The molecule has 1 aliphatic heterocycles. The van der Waals surface area contributed by atoms with Crippen LogP contribution in [0.1, 0.15) is 25.7 Å². The fourth-order valence-electron chi connectivity index (χ4n) is 3.78. The van der Waals surface area contributed by atoms with E-state index in [-0.39, 0.29) is 18.5 Å². The average molecular weight is 323 g/mol. The number of rotatable bonds is 3. The Balaban J connectivity index is 1.79. The first-order valence-corrected chi connectivity index (χ1v) is 7.78. The lowest BCUT2D eigenvalue weighted by molar-refractivity contribution is -0.140. The summed E-state index contributed by atoms with van der Waals surface area (Å²) in [6.45, 7) is 0.407. The highest BCUT2D eigenvalue weighted by Crippen LogP contribution is 2.42. The normalized spacial score (nSPS) is 30.3. The highest BCUT2D eigenvalue weighted by Gasteiger charge is 2.52. The minimum atomic E-state index is -0.605. The molecule has 8 heteroatoms. The second-order valence-electron chi connectivity index (χ2n) is 6.29. The first kappa shape index (κ1) is 15.9. The van der Waals surface area contributed by atoms with Crippen molar-refractivity contribution in [1.29, 1.82) is 0 Å². The van der Waals surface area contributed by atoms with E-state index >= 15 is 0 Å². The zero-order chi connectivity index (χ0) is 16.6. The van der Waals surface area contributed by atoms with Crippen LogP contribution in [0.15, 0.2) is 21.9 Å². The van der Waals surface area contributed by atoms with Gasteiger partial charge in [0.25, 0.3) is 5.56 Å². The molecule has 0 bridgehead atoms. The zero-order valence-electron chi connectivity index (χ0n) is 13.0. The highest BCUT2D eigenvalue weighted by atomic mass is 16.5. The van der Waals surface area contributed by atoms with E-state index in [1.165, 1.54) is 16.8 Å². The van der Waals surface area contributed by atoms with Crippen molar-refractivity contribution in [3.63, 3.8) is 0 Å². The molecule has 23 heavy (non-hydrogen) atoms. The van der Waals surface area contributed by atoms with E-state index in [0.717, 1.165) is 12.8 Å². The molecule has 8 nitrogen and oxygen atoms in total. The number of amides is 1. The third-order valence-corrected chi connectivity index (χ3v) is 5.08. The summed E-state index contributed by atoms with van der Waals surface area (Å²) in [5.74, 6) is -0.211. The number of likely N-dealkylation sites (tertiary alicyclic amines) is 1. The fraction of sp³-hybridized carbons (Fsp3) is 0.667. The summed E-state index contributed by atoms with van der Waals surface area (Å²) in [4.78, 5) is 39.2. The summed E-state index contributed by atoms with van der Waals surface area (Å²) >= 11 is 0. The number of hydrogen-bond acceptors (Lipinski definition) is 5. The summed E-state index contributed by atoms with van der Waals surface area (Å²) in [7, 11) is 1.64. The van der Waals surface area contributed by atoms with Crippen molar-refractivity contribution in [1.82, 2.24) is 14.5 Å². The van der Waals surface area contributed by atoms with Crippen molar-refractivity contribution in [3.8, 4) is 0 Å². The molecule has 2 heterocycles. The molecule has 1 aliphatic carbocycles. The number of aliphatic hydroxyl groups is 1. The first-order valence-electron chi connectivity index (χ1n) is 7.78. The van der Waals surface area contributed by atoms with Crippen LogP contribution < -0.4 is 11.2 Å². The number of hydrogen-bond donors (Lipinski definition) is 2. The maximum Gasteiger partial charge on any atom is 0.328 e. The molecule has 0 unspecified atom stereocenters. The zero-order valence-corrected chi connectivity index (χ0v) is 13.0. The van der Waals surface area contributed by atoms with Crippen molar-refractivity contribution < 1.29 is 14.6 Å². The van der Waals surface area contributed by atoms with Crippen molar-refractivity contribution in [2.75, 3.05) is 13.7 Å². The van der Waals surface area contributed by atoms with E-state index in [4.69, 9.17) is 4.74 Å². The van der Waals surface area contributed by atoms with Crippen LogP contribution >= 0.6 is 0 Å². The van der Waals surface area contributed by atoms with E-state index in [0.29, 0.717) is 19.4 Å². The van der Waals surface area contributed by atoms with Crippen LogP contribution in [0.25, 0.3) is 0 Å². The Bertz CT molecular complexity index is 712. The number of ether oxygens (including phenoxy) is 1. The summed E-state index contributed by atoms with van der Waals surface area (Å²) in [5, 5.41) is 9.94. The Morgan fingerprint density at radius 1 is 1.48 bits per heavy atom. The van der Waals surface area contributed by atoms with Gasteiger partial charge in [-0.05, 0) is 25.7 Å². The monoisotopic (exact) mass is 323 g/mol. The van der Waals surface area contributed by atoms with Gasteiger partial charge in [-0.1, -0.05) is 0 Å². The minimum Gasteiger partial charge on any atom is -0.393 e. The van der Waals surface area contributed by atoms with Crippen LogP contribution in [0.3, 0.4) is 0 Å². The van der Waals surface area contributed by atoms with E-state index in [1.807, 2.05) is 0 Å². The molecule has 1 saturated carbocycles. The summed E-state index contributed by atoms with van der Waals surface area (Å²) < 4.78 is 6.88. The van der Waals surface area contributed by atoms with E-state index in [9.17, 15) is 19.5 Å². The molecule has 1 aromatic heterocycles. The van der Waals surface area contributed by atoms with Crippen LogP contribution in [0, 0.1) is 0 Å². The SMILES string of the molecule is CO[C@@]12CC[C@@H](O)C[C@@H]1N(C(=O)Cn1ccc(=O)[nH]c1=O)CC2. The Morgan fingerprint density at radius 2 is 2.26 bits per heavy atom. The molecular weight excluding hydrogens is 302 g/mol. The molecule has 0 radical (unpaired) electrons. The molecule has 1 aromatic rings. The Kier molecular flexibility index (Phi) is 4.11. The third kappa shape index (κ3) is 2.84. The summed E-state index contributed by atoms with van der Waals surface area (Å²) in [5.41, 5.74) is -1.49. The summed E-state index contributed by atoms with van der Waals surface area (Å²) in [6.07, 6.45) is 3.48. The van der Waals surface area contributed by atoms with Gasteiger partial charge in [0.05, 0.1) is 17.7 Å². The largest absolute Gasteiger partial charge is 0.393 e. The van der Waals surface area contributed by atoms with Crippen molar-refractivity contribution in [3.05, 3.63) is 33.1 Å². The predicted molar refractivity (Wildman–Crippen MR) is 81.0 cm³/mol. The minimum absolute atomic E-state index is 0.137. The fourth-order valence-corrected chi connectivity index (χ4v) is 3.78. The molecule has 2 aliphatic rings. The molecule has 2 fully saturated rings. The van der Waals surface area contributed by atoms with Crippen LogP contribution in [0.4, 0.5) is 0 Å². The molecule has 0 aromatic carbocycles. The van der Waals surface area contributed by atoms with Gasteiger partial charge in [0, 0.05) is 25.9 Å². The van der Waals surface area contributed by atoms with Crippen LogP contribution in [-0.2, 0) is 16.1 Å². The number of methoxy groups -OCH3 is 1. The van der Waals surface area contributed by atoms with Crippen LogP contribution in [-0.4, -0.2) is 56.9 Å². The molecule has 3 rings (SSSR count). The number of H-pyrrole nitrogens is 1. The van der Waals surface area contributed by atoms with Crippen LogP contribution in [0.5, 0.6) is 0 Å². The lowest BCUT2D eigenvalue weighted by Crippen LogP contribution is -2.53. The predicted octanol–water partition coefficient (Wildman–Crippen LogP) is -0.932. The van der Waals surface area contributed by atoms with Crippen molar-refractivity contribution in [2.45, 2.75) is 50.0 Å². The quantitative estimate of drug-likeness (QED) is 0.747. The van der Waals surface area contributed by atoms with Gasteiger partial charge in [0.2, 0.25) is 5.91 Å². The Morgan fingerprint density at radius 3 is 2.96 bits per heavy atom. The second-order valence-corrected chi connectivity index (χ2v) is 6.29. The summed E-state index contributed by atoms with van der Waals surface area (Å²) in [6, 6.07) is 1.03. The van der Waals surface area contributed by atoms with Gasteiger partial charge in [-0.25, -0.2) is 4.79 Å².